The molecule has 5 aliphatic rings. The first-order valence-corrected chi connectivity index (χ1v) is 38.9. The first-order chi connectivity index (χ1) is 51.8. The molecule has 6 aromatic carbocycles. The molecular formula is C86H123F2N13O7. The van der Waals surface area contributed by atoms with E-state index in [-0.39, 0.29) is 52.6 Å². The van der Waals surface area contributed by atoms with Crippen molar-refractivity contribution in [3.63, 3.8) is 0 Å². The number of carbonyl (C=O) groups excluding carboxylic acids is 5. The standard InChI is InChI=1S/C30H43N5O2.C26H34FN3O2.C22H26FNO3.2C4H10N2/c1-5-30(33(3)4,28(36)26-10-12-27(13-11-26)34-18-14-31-15-19-34)22-24-6-8-25(9-7-24)23(2)29(37)35-20-16-32-17-21-35;1-5-26(29(3)4,24(31)22-10-12-23(27)13-11-22)18-20-6-8-21(9-7-20)19(2)25(32)30-16-14-28-15-17-30;1-5-22(24(3)4,20(25)18-10-12-19(23)13-11-18)14-16-6-8-17(9-7-16)15(2)21(26)27;2*1-2-6-4-3-5-1/h6-13,23,31-32H,5,14-22H2,1-4H3;6-13,19,28H,5,14-18H2,1-4H3;6-13,15H,5,14H2,1-4H3,(H,26,27);2*5-6H,1-4H2. The molecule has 0 aromatic heterocycles. The molecule has 6 unspecified atom stereocenters. The molecule has 0 spiro atoms. The number of nitrogens with zero attached hydrogens (tertiary/aromatic N) is 6. The number of anilines is 1. The average Bonchev–Trinajstić information content (AvgIpc) is 0.797. The monoisotopic (exact) mass is 1490 g/mol. The number of nitrogens with one attached hydrogen (secondary N) is 7. The first-order valence-electron chi connectivity index (χ1n) is 38.9. The molecule has 6 aromatic rings. The highest BCUT2D eigenvalue weighted by Gasteiger charge is 2.43. The Bertz CT molecular complexity index is 3700. The van der Waals surface area contributed by atoms with Gasteiger partial charge in [-0.05, 0) is 208 Å². The Hall–Kier alpha value is -8.00. The van der Waals surface area contributed by atoms with Gasteiger partial charge in [-0.3, -0.25) is 43.5 Å². The van der Waals surface area contributed by atoms with Gasteiger partial charge in [-0.15, -0.1) is 0 Å². The molecule has 0 bridgehead atoms. The third-order valence-corrected chi connectivity index (χ3v) is 22.2. The quantitative estimate of drug-likeness (QED) is 0.0251. The second-order valence-electron chi connectivity index (χ2n) is 29.5. The summed E-state index contributed by atoms with van der Waals surface area (Å²) in [7, 11) is 11.6. The van der Waals surface area contributed by atoms with Crippen molar-refractivity contribution in [1.29, 1.82) is 0 Å². The molecule has 6 atom stereocenters. The molecule has 5 heterocycles. The molecule has 22 heteroatoms. The van der Waals surface area contributed by atoms with Crippen LogP contribution in [0.2, 0.25) is 0 Å². The number of amides is 2. The number of benzene rings is 6. The minimum Gasteiger partial charge on any atom is -0.481 e. The second kappa shape index (κ2) is 43.4. The number of piperazine rings is 5. The number of ketones is 3. The fourth-order valence-electron chi connectivity index (χ4n) is 14.6. The molecule has 0 aliphatic carbocycles. The Morgan fingerprint density at radius 1 is 0.361 bits per heavy atom. The molecule has 20 nitrogen and oxygen atoms in total. The first kappa shape index (κ1) is 87.2. The number of hydrogen-bond acceptors (Lipinski definition) is 17. The van der Waals surface area contributed by atoms with Crippen LogP contribution in [0.15, 0.2) is 146 Å². The van der Waals surface area contributed by atoms with E-state index in [9.17, 15) is 37.5 Å². The van der Waals surface area contributed by atoms with Crippen molar-refractivity contribution in [2.24, 2.45) is 0 Å². The van der Waals surface area contributed by atoms with Gasteiger partial charge in [0.1, 0.15) is 11.6 Å². The number of carboxylic acids is 1. The minimum absolute atomic E-state index is 0.0173. The minimum atomic E-state index is -0.870. The van der Waals surface area contributed by atoms with Crippen LogP contribution in [0, 0.1) is 11.6 Å². The van der Waals surface area contributed by atoms with Crippen molar-refractivity contribution in [1.82, 2.24) is 61.7 Å². The lowest BCUT2D eigenvalue weighted by molar-refractivity contribution is -0.138. The summed E-state index contributed by atoms with van der Waals surface area (Å²) in [6, 6.07) is 43.2. The van der Waals surface area contributed by atoms with Crippen LogP contribution in [0.3, 0.4) is 0 Å². The van der Waals surface area contributed by atoms with E-state index >= 15 is 0 Å². The second-order valence-corrected chi connectivity index (χ2v) is 29.5. The van der Waals surface area contributed by atoms with Gasteiger partial charge in [0.15, 0.2) is 17.3 Å². The summed E-state index contributed by atoms with van der Waals surface area (Å²) in [4.78, 5) is 89.8. The fraction of sp³-hybridized carbons (Fsp3) is 0.512. The van der Waals surface area contributed by atoms with Gasteiger partial charge in [0.2, 0.25) is 11.8 Å². The topological polar surface area (TPSA) is 226 Å². The normalized spacial score (nSPS) is 17.9. The van der Waals surface area contributed by atoms with E-state index in [0.717, 1.165) is 170 Å². The van der Waals surface area contributed by atoms with Crippen LogP contribution in [-0.4, -0.2) is 255 Å². The number of halogens is 2. The molecular weight excluding hydrogens is 1370 g/mol. The fourth-order valence-corrected chi connectivity index (χ4v) is 14.6. The van der Waals surface area contributed by atoms with Crippen molar-refractivity contribution >= 4 is 40.8 Å². The molecule has 5 saturated heterocycles. The van der Waals surface area contributed by atoms with Gasteiger partial charge in [0, 0.05) is 153 Å². The van der Waals surface area contributed by atoms with Gasteiger partial charge < -0.3 is 57.0 Å². The van der Waals surface area contributed by atoms with Crippen LogP contribution < -0.4 is 42.1 Å². The Labute approximate surface area is 641 Å². The third kappa shape index (κ3) is 24.0. The zero-order chi connectivity index (χ0) is 78.4. The number of hydrogen-bond donors (Lipinski definition) is 8. The summed E-state index contributed by atoms with van der Waals surface area (Å²) in [5.41, 5.74) is 6.57. The number of Topliss-reactive ketones (excluding diaryl/α,β-unsaturated/α-hetero) is 3. The van der Waals surface area contributed by atoms with Crippen LogP contribution in [-0.2, 0) is 33.6 Å². The predicted molar refractivity (Wildman–Crippen MR) is 431 cm³/mol. The zero-order valence-electron chi connectivity index (χ0n) is 66.3. The number of rotatable bonds is 25. The van der Waals surface area contributed by atoms with Crippen molar-refractivity contribution in [2.75, 3.05) is 178 Å². The van der Waals surface area contributed by atoms with Crippen molar-refractivity contribution < 1.29 is 42.7 Å². The highest BCUT2D eigenvalue weighted by molar-refractivity contribution is 6.05. The van der Waals surface area contributed by atoms with Gasteiger partial charge in [-0.2, -0.15) is 0 Å². The maximum absolute atomic E-state index is 14.0. The summed E-state index contributed by atoms with van der Waals surface area (Å²) in [5, 5.41) is 32.0. The molecule has 588 valence electrons. The molecule has 0 saturated carbocycles. The van der Waals surface area contributed by atoms with Crippen LogP contribution in [0.5, 0.6) is 0 Å². The molecule has 11 rings (SSSR count). The van der Waals surface area contributed by atoms with Gasteiger partial charge in [0.05, 0.1) is 34.4 Å². The van der Waals surface area contributed by atoms with E-state index in [1.807, 2.05) is 138 Å². The number of aliphatic carboxylic acids is 1. The SMILES string of the molecule is C1CNCCN1.C1CNCCN1.CCC(Cc1ccc(C(C)C(=O)N2CCNCC2)cc1)(C(=O)c1ccc(F)cc1)N(C)C.CCC(Cc1ccc(C(C)C(=O)N2CCNCC2)cc1)(C(=O)c1ccc(N2CCNCC2)cc1)N(C)C.CCC(Cc1ccc(C(C)C(=O)O)cc1)(C(=O)c1ccc(F)cc1)N(C)C. The molecule has 2 amide bonds. The molecule has 5 fully saturated rings. The summed E-state index contributed by atoms with van der Waals surface area (Å²) in [5.74, 6) is -2.13. The van der Waals surface area contributed by atoms with E-state index in [4.69, 9.17) is 5.11 Å². The van der Waals surface area contributed by atoms with E-state index < -0.39 is 28.5 Å². The van der Waals surface area contributed by atoms with Gasteiger partial charge in [-0.1, -0.05) is 93.6 Å². The third-order valence-electron chi connectivity index (χ3n) is 22.2. The Morgan fingerprint density at radius 2 is 0.602 bits per heavy atom. The largest absolute Gasteiger partial charge is 0.481 e. The van der Waals surface area contributed by atoms with E-state index in [2.05, 4.69) is 90.3 Å². The summed E-state index contributed by atoms with van der Waals surface area (Å²) in [6.07, 6.45) is 3.55. The maximum Gasteiger partial charge on any atom is 0.310 e. The Balaban J connectivity index is 0.000000210. The van der Waals surface area contributed by atoms with Gasteiger partial charge in [0.25, 0.3) is 0 Å². The summed E-state index contributed by atoms with van der Waals surface area (Å²) >= 11 is 0. The number of carboxylic acid groups (broad SMARTS) is 1. The van der Waals surface area contributed by atoms with E-state index in [1.54, 1.807) is 31.2 Å². The van der Waals surface area contributed by atoms with E-state index in [0.29, 0.717) is 49.7 Å². The van der Waals surface area contributed by atoms with Gasteiger partial charge >= 0.3 is 5.97 Å². The zero-order valence-corrected chi connectivity index (χ0v) is 66.3. The number of carbonyl (C=O) groups is 6. The van der Waals surface area contributed by atoms with Crippen molar-refractivity contribution in [3.8, 4) is 0 Å². The number of likely N-dealkylation sites (N-methyl/N-ethyl adjacent to an activating group) is 3. The Kier molecular flexibility index (Phi) is 35.1. The van der Waals surface area contributed by atoms with Crippen LogP contribution in [0.25, 0.3) is 0 Å². The molecule has 5 aliphatic heterocycles. The molecule has 8 N–H and O–H groups in total. The van der Waals surface area contributed by atoms with E-state index in [1.165, 1.54) is 42.1 Å². The summed E-state index contributed by atoms with van der Waals surface area (Å²) in [6.45, 7) is 31.1. The molecule has 108 heavy (non-hydrogen) atoms. The Morgan fingerprint density at radius 3 is 0.843 bits per heavy atom. The predicted octanol–water partition coefficient (Wildman–Crippen LogP) is 8.77. The highest BCUT2D eigenvalue weighted by atomic mass is 19.1. The van der Waals surface area contributed by atoms with Crippen LogP contribution in [0.1, 0.15) is 143 Å². The lowest BCUT2D eigenvalue weighted by atomic mass is 9.80. The van der Waals surface area contributed by atoms with Crippen LogP contribution in [0.4, 0.5) is 14.5 Å². The smallest absolute Gasteiger partial charge is 0.310 e. The lowest BCUT2D eigenvalue weighted by Gasteiger charge is -2.38. The van der Waals surface area contributed by atoms with Gasteiger partial charge in [-0.25, -0.2) is 8.78 Å². The average molecular weight is 1490 g/mol. The maximum atomic E-state index is 14.0. The molecule has 0 radical (unpaired) electrons. The van der Waals surface area contributed by atoms with Crippen molar-refractivity contribution in [2.45, 2.75) is 114 Å². The van der Waals surface area contributed by atoms with Crippen molar-refractivity contribution in [3.05, 3.63) is 207 Å². The van der Waals surface area contributed by atoms with Crippen LogP contribution >= 0.6 is 0 Å². The summed E-state index contributed by atoms with van der Waals surface area (Å²) < 4.78 is 26.6. The lowest BCUT2D eigenvalue weighted by Crippen LogP contribution is -2.52. The highest BCUT2D eigenvalue weighted by Crippen LogP contribution is 2.33.